The van der Waals surface area contributed by atoms with Gasteiger partial charge >= 0.3 is 6.08 Å². The first-order valence-corrected chi connectivity index (χ1v) is 10.5. The van der Waals surface area contributed by atoms with Gasteiger partial charge in [0.25, 0.3) is 0 Å². The van der Waals surface area contributed by atoms with Crippen molar-refractivity contribution in [3.63, 3.8) is 0 Å². The van der Waals surface area contributed by atoms with Crippen molar-refractivity contribution in [3.8, 4) is 33.6 Å². The molecule has 3 aromatic heterocycles. The minimum Gasteiger partial charge on any atom is -0.354 e. The highest BCUT2D eigenvalue weighted by Crippen LogP contribution is 2.32. The highest BCUT2D eigenvalue weighted by Gasteiger charge is 2.14. The Morgan fingerprint density at radius 1 is 0.758 bits per heavy atom. The molecule has 0 amide bonds. The number of benzene rings is 2. The number of hydrogen-bond acceptors (Lipinski definition) is 3. The summed E-state index contributed by atoms with van der Waals surface area (Å²) in [6.07, 6.45) is 3.73. The van der Waals surface area contributed by atoms with E-state index in [9.17, 15) is 13.2 Å². The molecule has 0 fully saturated rings. The molecule has 0 aliphatic rings. The SMILES string of the molecule is CC.Cc1cc(-c2cnc(F)nc2)ncc1-c1ccc2[nH]c(-c3c(F)cccc3F)cc2c1. The Morgan fingerprint density at radius 3 is 2.12 bits per heavy atom. The van der Waals surface area contributed by atoms with E-state index < -0.39 is 17.7 Å². The number of nitrogens with zero attached hydrogens (tertiary/aromatic N) is 3. The van der Waals surface area contributed by atoms with Gasteiger partial charge in [-0.15, -0.1) is 0 Å². The van der Waals surface area contributed by atoms with E-state index in [1.165, 1.54) is 30.6 Å². The normalized spacial score (nSPS) is 10.7. The van der Waals surface area contributed by atoms with E-state index >= 15 is 0 Å². The second-order valence-electron chi connectivity index (χ2n) is 7.21. The predicted octanol–water partition coefficient (Wildman–Crippen LogP) is 7.11. The molecule has 0 unspecified atom stereocenters. The van der Waals surface area contributed by atoms with Gasteiger partial charge in [-0.1, -0.05) is 26.0 Å². The lowest BCUT2D eigenvalue weighted by Crippen LogP contribution is -1.93. The maximum atomic E-state index is 14.2. The van der Waals surface area contributed by atoms with Gasteiger partial charge in [-0.3, -0.25) is 4.98 Å². The third-order valence-electron chi connectivity index (χ3n) is 5.19. The van der Waals surface area contributed by atoms with E-state index in [0.717, 1.165) is 27.6 Å². The molecule has 2 aromatic carbocycles. The molecule has 7 heteroatoms. The van der Waals surface area contributed by atoms with Crippen molar-refractivity contribution in [3.05, 3.63) is 90.4 Å². The fourth-order valence-corrected chi connectivity index (χ4v) is 3.65. The summed E-state index contributed by atoms with van der Waals surface area (Å²) in [5, 5.41) is 0.825. The van der Waals surface area contributed by atoms with Crippen LogP contribution in [0, 0.1) is 24.6 Å². The number of fused-ring (bicyclic) bond motifs is 1. The van der Waals surface area contributed by atoms with Crippen molar-refractivity contribution >= 4 is 10.9 Å². The molecule has 1 N–H and O–H groups in total. The van der Waals surface area contributed by atoms with Gasteiger partial charge in [0, 0.05) is 40.6 Å². The molecule has 0 radical (unpaired) electrons. The zero-order valence-corrected chi connectivity index (χ0v) is 18.3. The first-order valence-electron chi connectivity index (χ1n) is 10.5. The van der Waals surface area contributed by atoms with Crippen LogP contribution in [0.25, 0.3) is 44.5 Å². The summed E-state index contributed by atoms with van der Waals surface area (Å²) in [5.41, 5.74) is 5.12. The highest BCUT2D eigenvalue weighted by molar-refractivity contribution is 5.90. The molecule has 3 heterocycles. The molecule has 166 valence electrons. The summed E-state index contributed by atoms with van der Waals surface area (Å²) in [5.74, 6) is -1.24. The number of nitrogens with one attached hydrogen (secondary N) is 1. The maximum absolute atomic E-state index is 14.2. The molecule has 0 saturated heterocycles. The summed E-state index contributed by atoms with van der Waals surface area (Å²) < 4.78 is 41.3. The van der Waals surface area contributed by atoms with E-state index in [1.54, 1.807) is 12.3 Å². The fourth-order valence-electron chi connectivity index (χ4n) is 3.65. The number of aryl methyl sites for hydroxylation is 1. The van der Waals surface area contributed by atoms with Crippen LogP contribution in [-0.4, -0.2) is 19.9 Å². The second-order valence-corrected chi connectivity index (χ2v) is 7.21. The molecule has 0 aliphatic heterocycles. The Hall–Kier alpha value is -4.00. The smallest absolute Gasteiger partial charge is 0.308 e. The average Bonchev–Trinajstić information content (AvgIpc) is 3.23. The number of rotatable bonds is 3. The van der Waals surface area contributed by atoms with Gasteiger partial charge < -0.3 is 4.98 Å². The molecule has 4 nitrogen and oxygen atoms in total. The Kier molecular flexibility index (Phi) is 6.22. The lowest BCUT2D eigenvalue weighted by atomic mass is 10.00. The number of pyridine rings is 1. The van der Waals surface area contributed by atoms with Crippen LogP contribution >= 0.6 is 0 Å². The molecule has 0 atom stereocenters. The largest absolute Gasteiger partial charge is 0.354 e. The fraction of sp³-hybridized carbons (Fsp3) is 0.115. The van der Waals surface area contributed by atoms with E-state index in [0.29, 0.717) is 17.0 Å². The van der Waals surface area contributed by atoms with Crippen molar-refractivity contribution in [1.82, 2.24) is 19.9 Å². The van der Waals surface area contributed by atoms with Crippen molar-refractivity contribution in [1.29, 1.82) is 0 Å². The summed E-state index contributed by atoms with van der Waals surface area (Å²) in [6.45, 7) is 5.95. The molecular weight excluding hydrogens is 425 g/mol. The van der Waals surface area contributed by atoms with E-state index in [1.807, 2.05) is 45.0 Å². The minimum absolute atomic E-state index is 0.0797. The van der Waals surface area contributed by atoms with Crippen molar-refractivity contribution in [2.24, 2.45) is 0 Å². The van der Waals surface area contributed by atoms with E-state index in [4.69, 9.17) is 0 Å². The van der Waals surface area contributed by atoms with Crippen LogP contribution < -0.4 is 0 Å². The highest BCUT2D eigenvalue weighted by atomic mass is 19.1. The summed E-state index contributed by atoms with van der Waals surface area (Å²) in [4.78, 5) is 14.7. The molecule has 0 saturated carbocycles. The number of halogens is 3. The lowest BCUT2D eigenvalue weighted by Gasteiger charge is -2.08. The van der Waals surface area contributed by atoms with Gasteiger partial charge in [-0.2, -0.15) is 4.39 Å². The van der Waals surface area contributed by atoms with Crippen molar-refractivity contribution in [2.75, 3.05) is 0 Å². The van der Waals surface area contributed by atoms with E-state index in [2.05, 4.69) is 19.9 Å². The van der Waals surface area contributed by atoms with Gasteiger partial charge in [-0.25, -0.2) is 18.7 Å². The third kappa shape index (κ3) is 4.35. The second kappa shape index (κ2) is 9.24. The first kappa shape index (κ1) is 22.2. The monoisotopic (exact) mass is 446 g/mol. The van der Waals surface area contributed by atoms with Gasteiger partial charge in [0.1, 0.15) is 11.6 Å². The Labute approximate surface area is 189 Å². The lowest BCUT2D eigenvalue weighted by molar-refractivity contribution is 0.539. The molecule has 0 aliphatic carbocycles. The Bertz CT molecular complexity index is 1410. The number of H-pyrrole nitrogens is 1. The summed E-state index contributed by atoms with van der Waals surface area (Å²) in [7, 11) is 0. The first-order chi connectivity index (χ1) is 16.0. The van der Waals surface area contributed by atoms with Gasteiger partial charge in [0.05, 0.1) is 17.0 Å². The third-order valence-corrected chi connectivity index (χ3v) is 5.19. The minimum atomic E-state index is -0.786. The Morgan fingerprint density at radius 2 is 1.45 bits per heavy atom. The quantitative estimate of drug-likeness (QED) is 0.301. The van der Waals surface area contributed by atoms with Crippen molar-refractivity contribution < 1.29 is 13.2 Å². The predicted molar refractivity (Wildman–Crippen MR) is 124 cm³/mol. The van der Waals surface area contributed by atoms with E-state index in [-0.39, 0.29) is 5.56 Å². The van der Waals surface area contributed by atoms with Crippen molar-refractivity contribution in [2.45, 2.75) is 20.8 Å². The molecular formula is C26H21F3N4. The molecule has 0 spiro atoms. The topological polar surface area (TPSA) is 54.5 Å². The van der Waals surface area contributed by atoms with Crippen LogP contribution in [0.1, 0.15) is 19.4 Å². The van der Waals surface area contributed by atoms with Crippen LogP contribution in [-0.2, 0) is 0 Å². The van der Waals surface area contributed by atoms with Crippen LogP contribution in [0.5, 0.6) is 0 Å². The van der Waals surface area contributed by atoms with Gasteiger partial charge in [-0.05, 0) is 54.4 Å². The zero-order valence-electron chi connectivity index (χ0n) is 18.3. The standard InChI is InChI=1S/C24H15F3N4.C2H6/c1-13-7-21(16-10-29-24(27)30-11-16)28-12-17(13)14-5-6-20-15(8-14)9-22(31-20)23-18(25)3-2-4-19(23)26;1-2/h2-12,31H,1H3;1-2H3. The van der Waals surface area contributed by atoms with Gasteiger partial charge in [0.2, 0.25) is 0 Å². The Balaban J connectivity index is 0.00000126. The molecule has 0 bridgehead atoms. The molecule has 33 heavy (non-hydrogen) atoms. The average molecular weight is 446 g/mol. The number of aromatic amines is 1. The zero-order chi connectivity index (χ0) is 23.5. The van der Waals surface area contributed by atoms with Crippen LogP contribution in [0.3, 0.4) is 0 Å². The maximum Gasteiger partial charge on any atom is 0.308 e. The number of aromatic nitrogens is 4. The van der Waals surface area contributed by atoms with Gasteiger partial charge in [0.15, 0.2) is 0 Å². The van der Waals surface area contributed by atoms with Crippen LogP contribution in [0.2, 0.25) is 0 Å². The molecule has 5 aromatic rings. The van der Waals surface area contributed by atoms with Crippen LogP contribution in [0.15, 0.2) is 67.1 Å². The number of hydrogen-bond donors (Lipinski definition) is 1. The molecule has 5 rings (SSSR count). The summed E-state index contributed by atoms with van der Waals surface area (Å²) >= 11 is 0. The summed E-state index contributed by atoms with van der Waals surface area (Å²) in [6, 6.07) is 13.2. The van der Waals surface area contributed by atoms with Crippen LogP contribution in [0.4, 0.5) is 13.2 Å².